The summed E-state index contributed by atoms with van der Waals surface area (Å²) in [6.07, 6.45) is 0.137. The Labute approximate surface area is 147 Å². The molecule has 0 bridgehead atoms. The minimum absolute atomic E-state index is 0.137. The predicted molar refractivity (Wildman–Crippen MR) is 94.1 cm³/mol. The first kappa shape index (κ1) is 16.2. The number of carbonyl (C=O) groups is 2. The Bertz CT molecular complexity index is 760. The van der Waals surface area contributed by atoms with Gasteiger partial charge in [0.2, 0.25) is 11.8 Å². The van der Waals surface area contributed by atoms with Crippen LogP contribution in [0.4, 0.5) is 11.4 Å². The third kappa shape index (κ3) is 3.47. The summed E-state index contributed by atoms with van der Waals surface area (Å²) in [5.41, 5.74) is 6.70. The average molecular weight is 367 g/mol. The van der Waals surface area contributed by atoms with Crippen LogP contribution in [0.5, 0.6) is 0 Å². The molecule has 2 N–H and O–H groups in total. The van der Waals surface area contributed by atoms with Gasteiger partial charge < -0.3 is 5.73 Å². The van der Waals surface area contributed by atoms with Gasteiger partial charge in [-0.15, -0.1) is 11.8 Å². The van der Waals surface area contributed by atoms with Gasteiger partial charge in [-0.1, -0.05) is 23.2 Å². The molecule has 1 heterocycles. The number of nitrogens with zero attached hydrogens (tertiary/aromatic N) is 1. The number of hydrogen-bond donors (Lipinski definition) is 1. The van der Waals surface area contributed by atoms with Gasteiger partial charge in [-0.3, -0.25) is 9.59 Å². The quantitative estimate of drug-likeness (QED) is 0.658. The normalized spacial score (nSPS) is 17.8. The lowest BCUT2D eigenvalue weighted by Crippen LogP contribution is -2.31. The van der Waals surface area contributed by atoms with Crippen molar-refractivity contribution < 1.29 is 9.59 Å². The number of amides is 2. The first-order valence-electron chi connectivity index (χ1n) is 6.79. The number of hydrogen-bond acceptors (Lipinski definition) is 4. The van der Waals surface area contributed by atoms with Gasteiger partial charge in [-0.25, -0.2) is 4.90 Å². The van der Waals surface area contributed by atoms with Crippen molar-refractivity contribution in [3.63, 3.8) is 0 Å². The summed E-state index contributed by atoms with van der Waals surface area (Å²) < 4.78 is 0. The molecule has 0 spiro atoms. The fourth-order valence-electron chi connectivity index (χ4n) is 2.35. The second kappa shape index (κ2) is 6.43. The first-order chi connectivity index (χ1) is 10.9. The molecule has 1 aliphatic rings. The van der Waals surface area contributed by atoms with E-state index in [2.05, 4.69) is 0 Å². The van der Waals surface area contributed by atoms with Crippen LogP contribution < -0.4 is 10.6 Å². The zero-order valence-corrected chi connectivity index (χ0v) is 14.2. The SMILES string of the molecule is Nc1ccc(SC2CC(=O)N(c3cc(Cl)cc(Cl)c3)C2=O)cc1. The molecule has 7 heteroatoms. The van der Waals surface area contributed by atoms with E-state index in [0.717, 1.165) is 9.80 Å². The van der Waals surface area contributed by atoms with Gasteiger partial charge in [0, 0.05) is 27.0 Å². The maximum Gasteiger partial charge on any atom is 0.247 e. The molecule has 23 heavy (non-hydrogen) atoms. The maximum absolute atomic E-state index is 12.6. The number of carbonyl (C=O) groups excluding carboxylic acids is 2. The van der Waals surface area contributed by atoms with Crippen LogP contribution in [0, 0.1) is 0 Å². The molecule has 2 aromatic carbocycles. The van der Waals surface area contributed by atoms with Gasteiger partial charge in [0.1, 0.15) is 0 Å². The third-order valence-corrected chi connectivity index (χ3v) is 5.00. The van der Waals surface area contributed by atoms with Gasteiger partial charge >= 0.3 is 0 Å². The number of imide groups is 1. The zero-order valence-electron chi connectivity index (χ0n) is 11.8. The Hall–Kier alpha value is -1.69. The topological polar surface area (TPSA) is 63.4 Å². The summed E-state index contributed by atoms with van der Waals surface area (Å²) in [7, 11) is 0. The molecule has 118 valence electrons. The lowest BCUT2D eigenvalue weighted by Gasteiger charge is -2.15. The summed E-state index contributed by atoms with van der Waals surface area (Å²) in [5.74, 6) is -0.531. The number of rotatable bonds is 3. The van der Waals surface area contributed by atoms with E-state index >= 15 is 0 Å². The highest BCUT2D eigenvalue weighted by molar-refractivity contribution is 8.00. The minimum Gasteiger partial charge on any atom is -0.399 e. The Morgan fingerprint density at radius 2 is 1.65 bits per heavy atom. The van der Waals surface area contributed by atoms with E-state index in [1.165, 1.54) is 11.8 Å². The summed E-state index contributed by atoms with van der Waals surface area (Å²) in [6, 6.07) is 11.8. The highest BCUT2D eigenvalue weighted by Crippen LogP contribution is 2.35. The van der Waals surface area contributed by atoms with Gasteiger partial charge in [0.25, 0.3) is 0 Å². The summed E-state index contributed by atoms with van der Waals surface area (Å²) in [6.45, 7) is 0. The van der Waals surface area contributed by atoms with Crippen molar-refractivity contribution in [3.05, 3.63) is 52.5 Å². The summed E-state index contributed by atoms with van der Waals surface area (Å²) in [4.78, 5) is 26.9. The molecule has 2 amide bonds. The molecular formula is C16H12Cl2N2O2S. The molecule has 1 fully saturated rings. The first-order valence-corrected chi connectivity index (χ1v) is 8.43. The molecule has 1 unspecified atom stereocenters. The molecular weight excluding hydrogens is 355 g/mol. The van der Waals surface area contributed by atoms with Crippen LogP contribution in [-0.4, -0.2) is 17.1 Å². The van der Waals surface area contributed by atoms with E-state index < -0.39 is 5.25 Å². The van der Waals surface area contributed by atoms with E-state index in [-0.39, 0.29) is 18.2 Å². The second-order valence-electron chi connectivity index (χ2n) is 5.07. The lowest BCUT2D eigenvalue weighted by molar-refractivity contribution is -0.121. The Balaban J connectivity index is 1.83. The molecule has 1 saturated heterocycles. The zero-order chi connectivity index (χ0) is 16.6. The number of benzene rings is 2. The van der Waals surface area contributed by atoms with Crippen molar-refractivity contribution in [2.75, 3.05) is 10.6 Å². The fourth-order valence-corrected chi connectivity index (χ4v) is 3.91. The van der Waals surface area contributed by atoms with Gasteiger partial charge in [-0.2, -0.15) is 0 Å². The largest absolute Gasteiger partial charge is 0.399 e. The third-order valence-electron chi connectivity index (χ3n) is 3.37. The van der Waals surface area contributed by atoms with Crippen LogP contribution in [0.3, 0.4) is 0 Å². The van der Waals surface area contributed by atoms with Crippen LogP contribution >= 0.6 is 35.0 Å². The van der Waals surface area contributed by atoms with Crippen LogP contribution in [0.2, 0.25) is 10.0 Å². The standard InChI is InChI=1S/C16H12Cl2N2O2S/c17-9-5-10(18)7-12(6-9)20-15(21)8-14(16(20)22)23-13-3-1-11(19)2-4-13/h1-7,14H,8,19H2. The van der Waals surface area contributed by atoms with Crippen LogP contribution in [0.25, 0.3) is 0 Å². The van der Waals surface area contributed by atoms with Gasteiger partial charge in [-0.05, 0) is 42.5 Å². The number of nitrogens with two attached hydrogens (primary N) is 1. The van der Waals surface area contributed by atoms with Crippen LogP contribution in [-0.2, 0) is 9.59 Å². The van der Waals surface area contributed by atoms with Crippen molar-refractivity contribution in [1.29, 1.82) is 0 Å². The van der Waals surface area contributed by atoms with Crippen molar-refractivity contribution in [2.24, 2.45) is 0 Å². The van der Waals surface area contributed by atoms with Crippen molar-refractivity contribution in [1.82, 2.24) is 0 Å². The second-order valence-corrected chi connectivity index (χ2v) is 7.22. The number of anilines is 2. The number of halogens is 2. The molecule has 2 aromatic rings. The van der Waals surface area contributed by atoms with Crippen molar-refractivity contribution >= 4 is 58.2 Å². The highest BCUT2D eigenvalue weighted by atomic mass is 35.5. The smallest absolute Gasteiger partial charge is 0.247 e. The monoisotopic (exact) mass is 366 g/mol. The molecule has 0 aliphatic carbocycles. The molecule has 0 radical (unpaired) electrons. The Morgan fingerprint density at radius 3 is 2.26 bits per heavy atom. The summed E-state index contributed by atoms with van der Waals surface area (Å²) >= 11 is 13.3. The van der Waals surface area contributed by atoms with E-state index in [1.54, 1.807) is 30.3 Å². The van der Waals surface area contributed by atoms with Crippen molar-refractivity contribution in [3.8, 4) is 0 Å². The molecule has 1 aliphatic heterocycles. The predicted octanol–water partition coefficient (Wildman–Crippen LogP) is 4.00. The van der Waals surface area contributed by atoms with Crippen LogP contribution in [0.15, 0.2) is 47.4 Å². The number of thioether (sulfide) groups is 1. The molecule has 0 saturated carbocycles. The van der Waals surface area contributed by atoms with E-state index in [4.69, 9.17) is 28.9 Å². The average Bonchev–Trinajstić information content (AvgIpc) is 2.75. The van der Waals surface area contributed by atoms with Crippen molar-refractivity contribution in [2.45, 2.75) is 16.6 Å². The molecule has 0 aromatic heterocycles. The van der Waals surface area contributed by atoms with E-state index in [9.17, 15) is 9.59 Å². The van der Waals surface area contributed by atoms with Gasteiger partial charge in [0.05, 0.1) is 10.9 Å². The number of nitrogen functional groups attached to an aromatic ring is 1. The molecule has 4 nitrogen and oxygen atoms in total. The lowest BCUT2D eigenvalue weighted by atomic mass is 10.3. The minimum atomic E-state index is -0.469. The van der Waals surface area contributed by atoms with Crippen LogP contribution in [0.1, 0.15) is 6.42 Å². The Morgan fingerprint density at radius 1 is 1.04 bits per heavy atom. The summed E-state index contributed by atoms with van der Waals surface area (Å²) in [5, 5.41) is 0.286. The molecule has 3 rings (SSSR count). The van der Waals surface area contributed by atoms with E-state index in [0.29, 0.717) is 21.4 Å². The maximum atomic E-state index is 12.6. The van der Waals surface area contributed by atoms with Gasteiger partial charge in [0.15, 0.2) is 0 Å². The Kier molecular flexibility index (Phi) is 4.53. The van der Waals surface area contributed by atoms with E-state index in [1.807, 2.05) is 12.1 Å². The highest BCUT2D eigenvalue weighted by Gasteiger charge is 2.40. The fraction of sp³-hybridized carbons (Fsp3) is 0.125. The molecule has 1 atom stereocenters.